The zero-order valence-corrected chi connectivity index (χ0v) is 11.4. The van der Waals surface area contributed by atoms with E-state index in [1.165, 1.54) is 0 Å². The van der Waals surface area contributed by atoms with Gasteiger partial charge in [0.2, 0.25) is 0 Å². The van der Waals surface area contributed by atoms with Crippen molar-refractivity contribution in [1.29, 1.82) is 0 Å². The lowest BCUT2D eigenvalue weighted by molar-refractivity contribution is 0.177. The third-order valence-electron chi connectivity index (χ3n) is 3.37. The van der Waals surface area contributed by atoms with Crippen LogP contribution in [0, 0.1) is 5.92 Å². The predicted molar refractivity (Wildman–Crippen MR) is 67.4 cm³/mol. The minimum atomic E-state index is -2.82. The Morgan fingerprint density at radius 3 is 2.69 bits per heavy atom. The van der Waals surface area contributed by atoms with Gasteiger partial charge in [-0.2, -0.15) is 0 Å². The van der Waals surface area contributed by atoms with E-state index in [2.05, 4.69) is 24.2 Å². The maximum atomic E-state index is 11.3. The molecular formula is C11H24N2O2S. The summed E-state index contributed by atoms with van der Waals surface area (Å²) in [7, 11) is -0.688. The SMILES string of the molecule is CCS(=O)(=O)CCNC1CCN(C)CC1C. The summed E-state index contributed by atoms with van der Waals surface area (Å²) in [5, 5.41) is 3.38. The van der Waals surface area contributed by atoms with Crippen molar-refractivity contribution in [2.75, 3.05) is 38.2 Å². The summed E-state index contributed by atoms with van der Waals surface area (Å²) < 4.78 is 22.7. The van der Waals surface area contributed by atoms with Gasteiger partial charge in [-0.1, -0.05) is 13.8 Å². The first-order valence-corrected chi connectivity index (χ1v) is 7.89. The van der Waals surface area contributed by atoms with Crippen LogP contribution < -0.4 is 5.32 Å². The van der Waals surface area contributed by atoms with E-state index in [4.69, 9.17) is 0 Å². The van der Waals surface area contributed by atoms with Crippen LogP contribution in [0.25, 0.3) is 0 Å². The Morgan fingerprint density at radius 1 is 1.44 bits per heavy atom. The van der Waals surface area contributed by atoms with Crippen molar-refractivity contribution in [2.24, 2.45) is 5.92 Å². The van der Waals surface area contributed by atoms with Gasteiger partial charge in [-0.05, 0) is 25.9 Å². The Balaban J connectivity index is 2.28. The lowest BCUT2D eigenvalue weighted by atomic mass is 9.94. The lowest BCUT2D eigenvalue weighted by Gasteiger charge is -2.35. The molecule has 0 saturated carbocycles. The largest absolute Gasteiger partial charge is 0.313 e. The Morgan fingerprint density at radius 2 is 2.12 bits per heavy atom. The number of hydrogen-bond acceptors (Lipinski definition) is 4. The van der Waals surface area contributed by atoms with Gasteiger partial charge in [0.15, 0.2) is 9.84 Å². The highest BCUT2D eigenvalue weighted by atomic mass is 32.2. The van der Waals surface area contributed by atoms with Crippen LogP contribution in [0.15, 0.2) is 0 Å². The van der Waals surface area contributed by atoms with E-state index in [0.717, 1.165) is 19.5 Å². The summed E-state index contributed by atoms with van der Waals surface area (Å²) in [6, 6.07) is 0.475. The van der Waals surface area contributed by atoms with Crippen LogP contribution in [0.2, 0.25) is 0 Å². The van der Waals surface area contributed by atoms with Gasteiger partial charge in [-0.3, -0.25) is 0 Å². The van der Waals surface area contributed by atoms with Crippen molar-refractivity contribution in [2.45, 2.75) is 26.3 Å². The Hall–Kier alpha value is -0.130. The summed E-state index contributed by atoms with van der Waals surface area (Å²) in [4.78, 5) is 2.33. The smallest absolute Gasteiger partial charge is 0.151 e. The zero-order valence-electron chi connectivity index (χ0n) is 10.6. The maximum Gasteiger partial charge on any atom is 0.151 e. The second-order valence-electron chi connectivity index (χ2n) is 4.83. The third kappa shape index (κ3) is 4.39. The topological polar surface area (TPSA) is 49.4 Å². The highest BCUT2D eigenvalue weighted by Gasteiger charge is 2.23. The van der Waals surface area contributed by atoms with Gasteiger partial charge in [0.1, 0.15) is 0 Å². The van der Waals surface area contributed by atoms with Crippen molar-refractivity contribution < 1.29 is 8.42 Å². The molecule has 0 bridgehead atoms. The number of rotatable bonds is 5. The highest BCUT2D eigenvalue weighted by molar-refractivity contribution is 7.91. The first kappa shape index (κ1) is 13.9. The first-order valence-electron chi connectivity index (χ1n) is 6.07. The number of nitrogens with zero attached hydrogens (tertiary/aromatic N) is 1. The van der Waals surface area contributed by atoms with E-state index in [-0.39, 0.29) is 11.5 Å². The van der Waals surface area contributed by atoms with Crippen molar-refractivity contribution in [3.8, 4) is 0 Å². The monoisotopic (exact) mass is 248 g/mol. The molecule has 1 fully saturated rings. The zero-order chi connectivity index (χ0) is 12.2. The van der Waals surface area contributed by atoms with E-state index in [9.17, 15) is 8.42 Å². The van der Waals surface area contributed by atoms with Crippen LogP contribution in [0.1, 0.15) is 20.3 Å². The van der Waals surface area contributed by atoms with Gasteiger partial charge in [-0.25, -0.2) is 8.42 Å². The van der Waals surface area contributed by atoms with Crippen LogP contribution in [-0.2, 0) is 9.84 Å². The van der Waals surface area contributed by atoms with Gasteiger partial charge >= 0.3 is 0 Å². The molecule has 4 nitrogen and oxygen atoms in total. The van der Waals surface area contributed by atoms with E-state index in [1.807, 2.05) is 0 Å². The third-order valence-corrected chi connectivity index (χ3v) is 5.07. The molecule has 1 rings (SSSR count). The minimum absolute atomic E-state index is 0.248. The van der Waals surface area contributed by atoms with Crippen LogP contribution in [0.3, 0.4) is 0 Å². The molecule has 0 aromatic carbocycles. The average molecular weight is 248 g/mol. The normalized spacial score (nSPS) is 28.2. The molecule has 0 radical (unpaired) electrons. The molecule has 0 amide bonds. The fourth-order valence-electron chi connectivity index (χ4n) is 2.20. The van der Waals surface area contributed by atoms with Gasteiger partial charge in [-0.15, -0.1) is 0 Å². The molecule has 2 atom stereocenters. The number of sulfone groups is 1. The van der Waals surface area contributed by atoms with Gasteiger partial charge in [0.25, 0.3) is 0 Å². The van der Waals surface area contributed by atoms with Gasteiger partial charge in [0.05, 0.1) is 5.75 Å². The molecule has 0 aromatic rings. The molecule has 16 heavy (non-hydrogen) atoms. The van der Waals surface area contributed by atoms with Crippen LogP contribution in [0.4, 0.5) is 0 Å². The Kier molecular flexibility index (Phi) is 5.21. The molecule has 5 heteroatoms. The second kappa shape index (κ2) is 5.98. The van der Waals surface area contributed by atoms with Gasteiger partial charge in [0, 0.05) is 24.9 Å². The molecule has 1 saturated heterocycles. The van der Waals surface area contributed by atoms with Crippen LogP contribution in [-0.4, -0.2) is 57.5 Å². The van der Waals surface area contributed by atoms with Crippen molar-refractivity contribution in [3.05, 3.63) is 0 Å². The van der Waals surface area contributed by atoms with E-state index >= 15 is 0 Å². The standard InChI is InChI=1S/C11H24N2O2S/c1-4-16(14,15)8-6-12-11-5-7-13(3)9-10(11)2/h10-12H,4-9H2,1-3H3. The average Bonchev–Trinajstić information content (AvgIpc) is 2.21. The summed E-state index contributed by atoms with van der Waals surface area (Å²) in [5.41, 5.74) is 0. The van der Waals surface area contributed by atoms with Crippen LogP contribution in [0.5, 0.6) is 0 Å². The summed E-state index contributed by atoms with van der Waals surface area (Å²) in [5.74, 6) is 1.11. The molecule has 1 aliphatic rings. The fourth-order valence-corrected chi connectivity index (χ4v) is 2.92. The van der Waals surface area contributed by atoms with Crippen molar-refractivity contribution in [3.63, 3.8) is 0 Å². The lowest BCUT2D eigenvalue weighted by Crippen LogP contribution is -2.48. The molecule has 1 heterocycles. The minimum Gasteiger partial charge on any atom is -0.313 e. The molecule has 1 N–H and O–H groups in total. The first-order chi connectivity index (χ1) is 7.44. The molecule has 2 unspecified atom stereocenters. The Labute approximate surface area is 99.3 Å². The van der Waals surface area contributed by atoms with E-state index in [1.54, 1.807) is 6.92 Å². The van der Waals surface area contributed by atoms with Crippen LogP contribution >= 0.6 is 0 Å². The summed E-state index contributed by atoms with van der Waals surface area (Å²) in [6.45, 7) is 6.71. The molecule has 1 aliphatic heterocycles. The predicted octanol–water partition coefficient (Wildman–Crippen LogP) is 0.351. The maximum absolute atomic E-state index is 11.3. The quantitative estimate of drug-likeness (QED) is 0.763. The second-order valence-corrected chi connectivity index (χ2v) is 7.30. The molecule has 0 aromatic heterocycles. The summed E-state index contributed by atoms with van der Waals surface area (Å²) in [6.07, 6.45) is 1.11. The fraction of sp³-hybridized carbons (Fsp3) is 1.00. The molecule has 0 spiro atoms. The number of likely N-dealkylation sites (tertiary alicyclic amines) is 1. The number of hydrogen-bond donors (Lipinski definition) is 1. The van der Waals surface area contributed by atoms with E-state index in [0.29, 0.717) is 18.5 Å². The molecular weight excluding hydrogens is 224 g/mol. The number of nitrogens with one attached hydrogen (secondary N) is 1. The van der Waals surface area contributed by atoms with E-state index < -0.39 is 9.84 Å². The molecule has 0 aliphatic carbocycles. The highest BCUT2D eigenvalue weighted by Crippen LogP contribution is 2.14. The summed E-state index contributed by atoms with van der Waals surface area (Å²) >= 11 is 0. The Bertz CT molecular complexity index is 303. The van der Waals surface area contributed by atoms with Gasteiger partial charge < -0.3 is 10.2 Å². The van der Waals surface area contributed by atoms with Crippen molar-refractivity contribution >= 4 is 9.84 Å². The molecule has 96 valence electrons. The number of piperidine rings is 1. The van der Waals surface area contributed by atoms with Crippen molar-refractivity contribution in [1.82, 2.24) is 10.2 Å².